The van der Waals surface area contributed by atoms with Crippen molar-refractivity contribution in [3.05, 3.63) is 17.5 Å². The van der Waals surface area contributed by atoms with Crippen LogP contribution in [-0.2, 0) is 17.9 Å². The van der Waals surface area contributed by atoms with Crippen molar-refractivity contribution < 1.29 is 4.74 Å². The maximum Gasteiger partial charge on any atom is 0.0888 e. The zero-order valence-electron chi connectivity index (χ0n) is 9.44. The molecule has 1 heterocycles. The number of aromatic nitrogens is 2. The van der Waals surface area contributed by atoms with E-state index in [9.17, 15) is 0 Å². The molecule has 0 amide bonds. The molecule has 0 aromatic carbocycles. The first-order chi connectivity index (χ1) is 7.19. The molecule has 1 aromatic heterocycles. The number of rotatable bonds is 4. The van der Waals surface area contributed by atoms with E-state index in [4.69, 9.17) is 10.5 Å². The third-order valence-corrected chi connectivity index (χ3v) is 2.88. The second-order valence-electron chi connectivity index (χ2n) is 4.26. The number of ether oxygens (including phenoxy) is 1. The van der Waals surface area contributed by atoms with Gasteiger partial charge in [-0.1, -0.05) is 0 Å². The Balaban J connectivity index is 1.87. The van der Waals surface area contributed by atoms with E-state index < -0.39 is 0 Å². The molecular formula is C11H19N3O. The highest BCUT2D eigenvalue weighted by Crippen LogP contribution is 2.22. The summed E-state index contributed by atoms with van der Waals surface area (Å²) in [6.45, 7) is 5.66. The summed E-state index contributed by atoms with van der Waals surface area (Å²) < 4.78 is 7.74. The van der Waals surface area contributed by atoms with Gasteiger partial charge in [0.05, 0.1) is 24.1 Å². The number of aryl methyl sites for hydroxylation is 2. The Morgan fingerprint density at radius 1 is 1.60 bits per heavy atom. The number of hydrogen-bond acceptors (Lipinski definition) is 3. The van der Waals surface area contributed by atoms with Gasteiger partial charge >= 0.3 is 0 Å². The molecule has 0 aliphatic heterocycles. The molecule has 2 rings (SSSR count). The highest BCUT2D eigenvalue weighted by atomic mass is 16.5. The van der Waals surface area contributed by atoms with Crippen molar-refractivity contribution in [3.8, 4) is 0 Å². The van der Waals surface area contributed by atoms with Crippen LogP contribution in [0.15, 0.2) is 6.07 Å². The molecule has 1 saturated carbocycles. The molecule has 2 N–H and O–H groups in total. The Morgan fingerprint density at radius 3 is 2.93 bits per heavy atom. The van der Waals surface area contributed by atoms with E-state index in [1.165, 1.54) is 0 Å². The molecule has 1 aliphatic rings. The van der Waals surface area contributed by atoms with Crippen molar-refractivity contribution in [2.24, 2.45) is 5.73 Å². The van der Waals surface area contributed by atoms with Crippen molar-refractivity contribution >= 4 is 0 Å². The summed E-state index contributed by atoms with van der Waals surface area (Å²) in [4.78, 5) is 0. The molecule has 0 spiro atoms. The van der Waals surface area contributed by atoms with Gasteiger partial charge in [-0.25, -0.2) is 0 Å². The number of hydrogen-bond donors (Lipinski definition) is 1. The molecule has 1 aromatic rings. The lowest BCUT2D eigenvalue weighted by atomic mass is 9.90. The molecule has 0 unspecified atom stereocenters. The smallest absolute Gasteiger partial charge is 0.0888 e. The molecular weight excluding hydrogens is 190 g/mol. The summed E-state index contributed by atoms with van der Waals surface area (Å²) in [5, 5.41) is 4.38. The molecule has 1 aliphatic carbocycles. The minimum absolute atomic E-state index is 0.354. The summed E-state index contributed by atoms with van der Waals surface area (Å²) in [5.41, 5.74) is 7.92. The average Bonchev–Trinajstić information content (AvgIpc) is 2.52. The van der Waals surface area contributed by atoms with Gasteiger partial charge in [0, 0.05) is 12.6 Å². The fourth-order valence-corrected chi connectivity index (χ4v) is 1.93. The molecule has 0 atom stereocenters. The van der Waals surface area contributed by atoms with Gasteiger partial charge in [0.15, 0.2) is 0 Å². The van der Waals surface area contributed by atoms with Gasteiger partial charge in [-0.2, -0.15) is 5.10 Å². The second-order valence-corrected chi connectivity index (χ2v) is 4.26. The highest BCUT2D eigenvalue weighted by Gasteiger charge is 2.26. The first-order valence-electron chi connectivity index (χ1n) is 5.59. The van der Waals surface area contributed by atoms with Crippen LogP contribution in [0.2, 0.25) is 0 Å². The van der Waals surface area contributed by atoms with Gasteiger partial charge < -0.3 is 10.5 Å². The van der Waals surface area contributed by atoms with Crippen LogP contribution in [0.4, 0.5) is 0 Å². The van der Waals surface area contributed by atoms with Crippen molar-refractivity contribution in [2.75, 3.05) is 0 Å². The first kappa shape index (κ1) is 10.6. The van der Waals surface area contributed by atoms with Gasteiger partial charge in [0.25, 0.3) is 0 Å². The van der Waals surface area contributed by atoms with Crippen LogP contribution in [0.1, 0.15) is 31.2 Å². The van der Waals surface area contributed by atoms with Crippen molar-refractivity contribution in [2.45, 2.75) is 52.0 Å². The van der Waals surface area contributed by atoms with Crippen LogP contribution in [0.25, 0.3) is 0 Å². The molecule has 15 heavy (non-hydrogen) atoms. The number of nitrogens with zero attached hydrogens (tertiary/aromatic N) is 2. The second kappa shape index (κ2) is 4.33. The maximum absolute atomic E-state index is 5.75. The topological polar surface area (TPSA) is 53.1 Å². The Kier molecular flexibility index (Phi) is 3.07. The van der Waals surface area contributed by atoms with Crippen LogP contribution in [-0.4, -0.2) is 21.9 Å². The number of nitrogens with two attached hydrogens (primary N) is 1. The van der Waals surface area contributed by atoms with Crippen LogP contribution in [0.5, 0.6) is 0 Å². The Labute approximate surface area is 90.4 Å². The molecule has 1 fully saturated rings. The van der Waals surface area contributed by atoms with Crippen molar-refractivity contribution in [1.82, 2.24) is 9.78 Å². The summed E-state index contributed by atoms with van der Waals surface area (Å²) in [6.07, 6.45) is 2.36. The summed E-state index contributed by atoms with van der Waals surface area (Å²) in [7, 11) is 0. The van der Waals surface area contributed by atoms with E-state index in [0.717, 1.165) is 30.8 Å². The van der Waals surface area contributed by atoms with Crippen LogP contribution in [0, 0.1) is 6.92 Å². The predicted molar refractivity (Wildman–Crippen MR) is 58.4 cm³/mol. The third kappa shape index (κ3) is 2.38. The molecule has 0 saturated heterocycles. The van der Waals surface area contributed by atoms with Gasteiger partial charge in [-0.15, -0.1) is 0 Å². The molecule has 4 nitrogen and oxygen atoms in total. The van der Waals surface area contributed by atoms with Crippen LogP contribution < -0.4 is 5.73 Å². The Morgan fingerprint density at radius 2 is 2.33 bits per heavy atom. The standard InChI is InChI=1S/C11H19N3O/c1-3-14-10(4-8(2)13-14)7-15-11-5-9(12)6-11/h4,9,11H,3,5-7,12H2,1-2H3. The minimum atomic E-state index is 0.354. The largest absolute Gasteiger partial charge is 0.372 e. The normalized spacial score (nSPS) is 25.3. The van der Waals surface area contributed by atoms with Gasteiger partial charge in [-0.3, -0.25) is 4.68 Å². The van der Waals surface area contributed by atoms with E-state index in [-0.39, 0.29) is 0 Å². The molecule has 0 radical (unpaired) electrons. The fraction of sp³-hybridized carbons (Fsp3) is 0.727. The van der Waals surface area contributed by atoms with Crippen LogP contribution in [0.3, 0.4) is 0 Å². The molecule has 4 heteroatoms. The first-order valence-corrected chi connectivity index (χ1v) is 5.59. The average molecular weight is 209 g/mol. The Bertz CT molecular complexity index is 329. The van der Waals surface area contributed by atoms with E-state index in [1.54, 1.807) is 0 Å². The fourth-order valence-electron chi connectivity index (χ4n) is 1.93. The van der Waals surface area contributed by atoms with Gasteiger partial charge in [-0.05, 0) is 32.8 Å². The zero-order chi connectivity index (χ0) is 10.8. The van der Waals surface area contributed by atoms with E-state index in [0.29, 0.717) is 18.8 Å². The lowest BCUT2D eigenvalue weighted by molar-refractivity contribution is -0.0215. The summed E-state index contributed by atoms with van der Waals surface area (Å²) >= 11 is 0. The zero-order valence-corrected chi connectivity index (χ0v) is 9.44. The lowest BCUT2D eigenvalue weighted by Crippen LogP contribution is -2.41. The van der Waals surface area contributed by atoms with E-state index in [2.05, 4.69) is 18.1 Å². The molecule has 0 bridgehead atoms. The quantitative estimate of drug-likeness (QED) is 0.811. The Hall–Kier alpha value is -0.870. The predicted octanol–water partition coefficient (Wildman–Crippen LogP) is 1.22. The molecule has 84 valence electrons. The monoisotopic (exact) mass is 209 g/mol. The third-order valence-electron chi connectivity index (χ3n) is 2.88. The minimum Gasteiger partial charge on any atom is -0.372 e. The van der Waals surface area contributed by atoms with Gasteiger partial charge in [0.2, 0.25) is 0 Å². The van der Waals surface area contributed by atoms with Crippen molar-refractivity contribution in [3.63, 3.8) is 0 Å². The SMILES string of the molecule is CCn1nc(C)cc1COC1CC(N)C1. The lowest BCUT2D eigenvalue weighted by Gasteiger charge is -2.32. The van der Waals surface area contributed by atoms with E-state index in [1.807, 2.05) is 11.6 Å². The van der Waals surface area contributed by atoms with Gasteiger partial charge in [0.1, 0.15) is 0 Å². The van der Waals surface area contributed by atoms with Crippen LogP contribution >= 0.6 is 0 Å². The summed E-state index contributed by atoms with van der Waals surface area (Å²) in [5.74, 6) is 0. The highest BCUT2D eigenvalue weighted by molar-refractivity contribution is 5.08. The van der Waals surface area contributed by atoms with Crippen molar-refractivity contribution in [1.29, 1.82) is 0 Å². The van der Waals surface area contributed by atoms with E-state index >= 15 is 0 Å². The maximum atomic E-state index is 5.75. The summed E-state index contributed by atoms with van der Waals surface area (Å²) in [6, 6.07) is 2.44.